The summed E-state index contributed by atoms with van der Waals surface area (Å²) >= 11 is 0. The number of rotatable bonds is 5. The number of nitrogens with zero attached hydrogens (tertiary/aromatic N) is 3. The Morgan fingerprint density at radius 1 is 0.966 bits per heavy atom. The summed E-state index contributed by atoms with van der Waals surface area (Å²) in [5.74, 6) is -0.0965. The van der Waals surface area contributed by atoms with Gasteiger partial charge in [-0.2, -0.15) is 5.10 Å². The average molecular weight is 383 g/mol. The summed E-state index contributed by atoms with van der Waals surface area (Å²) in [6, 6.07) is 25.0. The first-order valence-electron chi connectivity index (χ1n) is 9.47. The van der Waals surface area contributed by atoms with E-state index in [1.165, 1.54) is 6.20 Å². The molecule has 3 aromatic carbocycles. The van der Waals surface area contributed by atoms with E-state index in [9.17, 15) is 9.59 Å². The first-order chi connectivity index (χ1) is 14.1. The third kappa shape index (κ3) is 4.09. The fraction of sp³-hybridized carbons (Fsp3) is 0.125. The van der Waals surface area contributed by atoms with Gasteiger partial charge in [-0.05, 0) is 42.3 Å². The second-order valence-electron chi connectivity index (χ2n) is 6.99. The molecule has 1 heterocycles. The predicted octanol–water partition coefficient (Wildman–Crippen LogP) is 3.94. The van der Waals surface area contributed by atoms with Gasteiger partial charge in [0.15, 0.2) is 0 Å². The normalized spacial score (nSPS) is 10.8. The number of anilines is 1. The van der Waals surface area contributed by atoms with Crippen molar-refractivity contribution in [2.75, 3.05) is 4.90 Å². The quantitative estimate of drug-likeness (QED) is 0.525. The summed E-state index contributed by atoms with van der Waals surface area (Å²) in [6.45, 7) is 2.51. The van der Waals surface area contributed by atoms with Gasteiger partial charge in [-0.25, -0.2) is 0 Å². The van der Waals surface area contributed by atoms with E-state index in [-0.39, 0.29) is 17.9 Å². The van der Waals surface area contributed by atoms with Crippen LogP contribution in [0, 0.1) is 6.92 Å². The van der Waals surface area contributed by atoms with Crippen molar-refractivity contribution < 1.29 is 4.79 Å². The zero-order valence-electron chi connectivity index (χ0n) is 16.2. The third-order valence-electron chi connectivity index (χ3n) is 4.84. The Labute approximate surface area is 168 Å². The lowest BCUT2D eigenvalue weighted by molar-refractivity contribution is -0.119. The zero-order valence-corrected chi connectivity index (χ0v) is 16.2. The number of hydrogen-bond acceptors (Lipinski definition) is 3. The monoisotopic (exact) mass is 383 g/mol. The lowest BCUT2D eigenvalue weighted by atomic mass is 10.1. The molecular formula is C24H21N3O2. The molecule has 1 amide bonds. The van der Waals surface area contributed by atoms with Gasteiger partial charge in [-0.1, -0.05) is 54.6 Å². The van der Waals surface area contributed by atoms with Crippen LogP contribution in [-0.4, -0.2) is 15.7 Å². The highest BCUT2D eigenvalue weighted by molar-refractivity contribution is 5.94. The Kier molecular flexibility index (Phi) is 5.20. The molecule has 0 atom stereocenters. The molecule has 29 heavy (non-hydrogen) atoms. The van der Waals surface area contributed by atoms with Crippen molar-refractivity contribution in [1.82, 2.24) is 9.78 Å². The van der Waals surface area contributed by atoms with Crippen LogP contribution >= 0.6 is 0 Å². The minimum absolute atomic E-state index is 0.0432. The topological polar surface area (TPSA) is 55.2 Å². The van der Waals surface area contributed by atoms with Crippen molar-refractivity contribution in [3.05, 3.63) is 106 Å². The Bertz CT molecular complexity index is 1220. The van der Waals surface area contributed by atoms with Crippen molar-refractivity contribution in [3.8, 4) is 0 Å². The van der Waals surface area contributed by atoms with Gasteiger partial charge in [0.2, 0.25) is 11.3 Å². The summed E-state index contributed by atoms with van der Waals surface area (Å²) < 4.78 is 1.59. The molecule has 0 aliphatic rings. The minimum Gasteiger partial charge on any atom is -0.306 e. The van der Waals surface area contributed by atoms with E-state index in [1.54, 1.807) is 15.6 Å². The maximum atomic E-state index is 13.3. The molecule has 5 nitrogen and oxygen atoms in total. The number of hydrogen-bond donors (Lipinski definition) is 0. The van der Waals surface area contributed by atoms with E-state index in [0.29, 0.717) is 17.4 Å². The highest BCUT2D eigenvalue weighted by atomic mass is 16.2. The van der Waals surface area contributed by atoms with Crippen LogP contribution in [0.4, 0.5) is 5.69 Å². The Morgan fingerprint density at radius 3 is 2.52 bits per heavy atom. The predicted molar refractivity (Wildman–Crippen MR) is 115 cm³/mol. The number of aromatic nitrogens is 2. The van der Waals surface area contributed by atoms with Crippen LogP contribution in [0.5, 0.6) is 0 Å². The first kappa shape index (κ1) is 18.6. The molecular weight excluding hydrogens is 362 g/mol. The fourth-order valence-electron chi connectivity index (χ4n) is 3.39. The van der Waals surface area contributed by atoms with Gasteiger partial charge in [0.05, 0.1) is 18.3 Å². The van der Waals surface area contributed by atoms with Crippen LogP contribution in [0.15, 0.2) is 89.9 Å². The molecule has 0 aliphatic carbocycles. The van der Waals surface area contributed by atoms with Crippen molar-refractivity contribution in [2.24, 2.45) is 0 Å². The van der Waals surface area contributed by atoms with Gasteiger partial charge in [0.1, 0.15) is 6.54 Å². The third-order valence-corrected chi connectivity index (χ3v) is 4.84. The summed E-state index contributed by atoms with van der Waals surface area (Å²) in [5, 5.41) is 4.76. The van der Waals surface area contributed by atoms with E-state index >= 15 is 0 Å². The van der Waals surface area contributed by atoms with Crippen LogP contribution in [0.25, 0.3) is 10.9 Å². The minimum atomic E-state index is -0.149. The smallest absolute Gasteiger partial charge is 0.249 e. The number of para-hydroxylation sites is 1. The summed E-state index contributed by atoms with van der Waals surface area (Å²) in [6.07, 6.45) is 1.27. The first-order valence-corrected chi connectivity index (χ1v) is 9.47. The number of amides is 1. The van der Waals surface area contributed by atoms with Crippen molar-refractivity contribution >= 4 is 22.5 Å². The lowest BCUT2D eigenvalue weighted by Crippen LogP contribution is -2.34. The molecule has 0 aliphatic heterocycles. The molecule has 1 aromatic heterocycles. The maximum absolute atomic E-state index is 13.3. The second kappa shape index (κ2) is 8.10. The van der Waals surface area contributed by atoms with Crippen LogP contribution < -0.4 is 10.3 Å². The molecule has 0 saturated heterocycles. The van der Waals surface area contributed by atoms with Gasteiger partial charge in [-0.3, -0.25) is 14.3 Å². The van der Waals surface area contributed by atoms with Crippen molar-refractivity contribution in [3.63, 3.8) is 0 Å². The number of benzene rings is 3. The molecule has 0 bridgehead atoms. The van der Waals surface area contributed by atoms with E-state index in [2.05, 4.69) is 5.10 Å². The Morgan fingerprint density at radius 2 is 1.72 bits per heavy atom. The number of carbonyl (C=O) groups is 1. The van der Waals surface area contributed by atoms with Crippen molar-refractivity contribution in [2.45, 2.75) is 20.0 Å². The highest BCUT2D eigenvalue weighted by Crippen LogP contribution is 2.20. The molecule has 0 N–H and O–H groups in total. The molecule has 144 valence electrons. The van der Waals surface area contributed by atoms with E-state index in [4.69, 9.17) is 0 Å². The number of carbonyl (C=O) groups excluding carboxylic acids is 1. The van der Waals surface area contributed by atoms with Crippen LogP contribution in [-0.2, 0) is 17.9 Å². The van der Waals surface area contributed by atoms with Gasteiger partial charge in [0, 0.05) is 11.1 Å². The van der Waals surface area contributed by atoms with Crippen molar-refractivity contribution in [1.29, 1.82) is 0 Å². The average Bonchev–Trinajstić information content (AvgIpc) is 2.75. The standard InChI is InChI=1S/C24H21N3O2/c1-18-8-7-11-20(14-18)26(16-19-9-3-2-4-10-19)24(29)17-27-22-13-6-5-12-21(22)23(28)15-25-27/h2-15H,16-17H2,1H3. The molecule has 0 saturated carbocycles. The molecule has 0 unspecified atom stereocenters. The Hall–Kier alpha value is -3.73. The van der Waals surface area contributed by atoms with Gasteiger partial charge in [0.25, 0.3) is 0 Å². The molecule has 4 rings (SSSR count). The van der Waals surface area contributed by atoms with Gasteiger partial charge in [-0.15, -0.1) is 0 Å². The van der Waals surface area contributed by atoms with Crippen LogP contribution in [0.1, 0.15) is 11.1 Å². The SMILES string of the molecule is Cc1cccc(N(Cc2ccccc2)C(=O)Cn2ncc(=O)c3ccccc32)c1. The number of aryl methyl sites for hydroxylation is 1. The lowest BCUT2D eigenvalue weighted by Gasteiger charge is -2.24. The summed E-state index contributed by atoms with van der Waals surface area (Å²) in [7, 11) is 0. The zero-order chi connectivity index (χ0) is 20.2. The summed E-state index contributed by atoms with van der Waals surface area (Å²) in [5.41, 5.74) is 3.46. The molecule has 4 aromatic rings. The molecule has 5 heteroatoms. The largest absolute Gasteiger partial charge is 0.306 e. The fourth-order valence-corrected chi connectivity index (χ4v) is 3.39. The van der Waals surface area contributed by atoms with Crippen LogP contribution in [0.3, 0.4) is 0 Å². The summed E-state index contributed by atoms with van der Waals surface area (Å²) in [4.78, 5) is 27.2. The number of fused-ring (bicyclic) bond motifs is 1. The highest BCUT2D eigenvalue weighted by Gasteiger charge is 2.18. The Balaban J connectivity index is 1.70. The second-order valence-corrected chi connectivity index (χ2v) is 6.99. The molecule has 0 spiro atoms. The molecule has 0 radical (unpaired) electrons. The maximum Gasteiger partial charge on any atom is 0.249 e. The van der Waals surface area contributed by atoms with Gasteiger partial charge < -0.3 is 4.90 Å². The van der Waals surface area contributed by atoms with E-state index in [1.807, 2.05) is 79.7 Å². The van der Waals surface area contributed by atoms with E-state index < -0.39 is 0 Å². The molecule has 0 fully saturated rings. The van der Waals surface area contributed by atoms with Gasteiger partial charge >= 0.3 is 0 Å². The van der Waals surface area contributed by atoms with Crippen LogP contribution in [0.2, 0.25) is 0 Å². The van der Waals surface area contributed by atoms with E-state index in [0.717, 1.165) is 16.8 Å².